The van der Waals surface area contributed by atoms with Gasteiger partial charge in [-0.2, -0.15) is 0 Å². The molecule has 0 heterocycles. The van der Waals surface area contributed by atoms with Crippen LogP contribution in [0, 0.1) is 0 Å². The van der Waals surface area contributed by atoms with E-state index >= 15 is 0 Å². The SMILES string of the molecule is CC(=CCCCOC(=O)c1ccccc1)C(=O)O. The highest BCUT2D eigenvalue weighted by atomic mass is 16.5. The highest BCUT2D eigenvalue weighted by molar-refractivity contribution is 5.89. The van der Waals surface area contributed by atoms with Crippen LogP contribution in [-0.4, -0.2) is 23.7 Å². The van der Waals surface area contributed by atoms with E-state index < -0.39 is 5.97 Å². The third-order valence-electron chi connectivity index (χ3n) is 2.38. The second kappa shape index (κ2) is 7.27. The predicted molar refractivity (Wildman–Crippen MR) is 67.4 cm³/mol. The van der Waals surface area contributed by atoms with E-state index in [9.17, 15) is 9.59 Å². The van der Waals surface area contributed by atoms with Crippen LogP contribution in [0.2, 0.25) is 0 Å². The molecule has 0 amide bonds. The van der Waals surface area contributed by atoms with Crippen molar-refractivity contribution in [2.45, 2.75) is 19.8 Å². The summed E-state index contributed by atoms with van der Waals surface area (Å²) in [6.45, 7) is 1.83. The van der Waals surface area contributed by atoms with Crippen LogP contribution in [0.4, 0.5) is 0 Å². The van der Waals surface area contributed by atoms with Crippen molar-refractivity contribution in [1.29, 1.82) is 0 Å². The molecule has 4 nitrogen and oxygen atoms in total. The Morgan fingerprint density at radius 1 is 1.28 bits per heavy atom. The lowest BCUT2D eigenvalue weighted by Crippen LogP contribution is -2.06. The highest BCUT2D eigenvalue weighted by Gasteiger charge is 2.04. The molecular formula is C14H16O4. The lowest BCUT2D eigenvalue weighted by Gasteiger charge is -2.03. The largest absolute Gasteiger partial charge is 0.478 e. The molecule has 0 atom stereocenters. The number of aliphatic carboxylic acids is 1. The zero-order valence-electron chi connectivity index (χ0n) is 10.3. The first kappa shape index (κ1) is 14.0. The molecule has 0 bridgehead atoms. The van der Waals surface area contributed by atoms with Gasteiger partial charge in [0.2, 0.25) is 0 Å². The van der Waals surface area contributed by atoms with E-state index in [1.165, 1.54) is 6.92 Å². The van der Waals surface area contributed by atoms with E-state index in [-0.39, 0.29) is 12.6 Å². The summed E-state index contributed by atoms with van der Waals surface area (Å²) in [4.78, 5) is 22.0. The molecule has 4 heteroatoms. The van der Waals surface area contributed by atoms with Crippen molar-refractivity contribution in [1.82, 2.24) is 0 Å². The first-order valence-electron chi connectivity index (χ1n) is 5.73. The number of carbonyl (C=O) groups excluding carboxylic acids is 1. The van der Waals surface area contributed by atoms with Gasteiger partial charge in [-0.05, 0) is 31.9 Å². The van der Waals surface area contributed by atoms with Crippen molar-refractivity contribution in [2.24, 2.45) is 0 Å². The minimum Gasteiger partial charge on any atom is -0.478 e. The monoisotopic (exact) mass is 248 g/mol. The minimum absolute atomic E-state index is 0.289. The predicted octanol–water partition coefficient (Wildman–Crippen LogP) is 2.65. The van der Waals surface area contributed by atoms with Crippen LogP contribution in [0.15, 0.2) is 42.0 Å². The summed E-state index contributed by atoms with van der Waals surface area (Å²) in [5.41, 5.74) is 0.833. The van der Waals surface area contributed by atoms with Crippen LogP contribution in [0.3, 0.4) is 0 Å². The maximum absolute atomic E-state index is 11.5. The molecule has 1 rings (SSSR count). The van der Waals surface area contributed by atoms with Gasteiger partial charge in [0.05, 0.1) is 12.2 Å². The average molecular weight is 248 g/mol. The quantitative estimate of drug-likeness (QED) is 0.477. The van der Waals surface area contributed by atoms with E-state index in [4.69, 9.17) is 9.84 Å². The molecule has 18 heavy (non-hydrogen) atoms. The van der Waals surface area contributed by atoms with E-state index in [2.05, 4.69) is 0 Å². The number of carbonyl (C=O) groups is 2. The smallest absolute Gasteiger partial charge is 0.338 e. The van der Waals surface area contributed by atoms with Crippen molar-refractivity contribution >= 4 is 11.9 Å². The molecule has 0 aliphatic heterocycles. The molecule has 1 aromatic carbocycles. The van der Waals surface area contributed by atoms with Crippen molar-refractivity contribution < 1.29 is 19.4 Å². The summed E-state index contributed by atoms with van der Waals surface area (Å²) < 4.78 is 5.05. The highest BCUT2D eigenvalue weighted by Crippen LogP contribution is 2.03. The lowest BCUT2D eigenvalue weighted by molar-refractivity contribution is -0.132. The molecule has 0 aliphatic carbocycles. The fourth-order valence-electron chi connectivity index (χ4n) is 1.31. The molecule has 0 unspecified atom stereocenters. The maximum atomic E-state index is 11.5. The van der Waals surface area contributed by atoms with E-state index in [0.29, 0.717) is 24.0 Å². The Hall–Kier alpha value is -2.10. The normalized spacial score (nSPS) is 11.1. The van der Waals surface area contributed by atoms with Gasteiger partial charge in [0.25, 0.3) is 0 Å². The van der Waals surface area contributed by atoms with E-state index in [1.54, 1.807) is 30.3 Å². The molecule has 0 saturated heterocycles. The third kappa shape index (κ3) is 4.82. The van der Waals surface area contributed by atoms with Crippen molar-refractivity contribution in [3.63, 3.8) is 0 Å². The van der Waals surface area contributed by atoms with E-state index in [1.807, 2.05) is 6.07 Å². The molecule has 0 aromatic heterocycles. The molecule has 1 aromatic rings. The maximum Gasteiger partial charge on any atom is 0.338 e. The van der Waals surface area contributed by atoms with Crippen LogP contribution in [0.25, 0.3) is 0 Å². The Labute approximate surface area is 106 Å². The van der Waals surface area contributed by atoms with Crippen molar-refractivity contribution in [2.75, 3.05) is 6.61 Å². The number of hydrogen-bond donors (Lipinski definition) is 1. The van der Waals surface area contributed by atoms with Crippen LogP contribution in [0.5, 0.6) is 0 Å². The summed E-state index contributed by atoms with van der Waals surface area (Å²) in [5, 5.41) is 8.62. The number of benzene rings is 1. The number of allylic oxidation sites excluding steroid dienone is 1. The first-order valence-corrected chi connectivity index (χ1v) is 5.73. The fourth-order valence-corrected chi connectivity index (χ4v) is 1.31. The first-order chi connectivity index (χ1) is 8.61. The van der Waals surface area contributed by atoms with Gasteiger partial charge in [-0.15, -0.1) is 0 Å². The Bertz CT molecular complexity index is 434. The van der Waals surface area contributed by atoms with Gasteiger partial charge in [0, 0.05) is 5.57 Å². The standard InChI is InChI=1S/C14H16O4/c1-11(13(15)16)7-5-6-10-18-14(17)12-8-3-2-4-9-12/h2-4,7-9H,5-6,10H2,1H3,(H,15,16). The molecule has 0 radical (unpaired) electrons. The van der Waals surface area contributed by atoms with Crippen LogP contribution >= 0.6 is 0 Å². The zero-order valence-corrected chi connectivity index (χ0v) is 10.3. The zero-order chi connectivity index (χ0) is 13.4. The Morgan fingerprint density at radius 3 is 2.56 bits per heavy atom. The van der Waals surface area contributed by atoms with Gasteiger partial charge < -0.3 is 9.84 Å². The van der Waals surface area contributed by atoms with Gasteiger partial charge in [0.1, 0.15) is 0 Å². The third-order valence-corrected chi connectivity index (χ3v) is 2.38. The molecule has 96 valence electrons. The number of carboxylic acid groups (broad SMARTS) is 1. The number of esters is 1. The van der Waals surface area contributed by atoms with Crippen LogP contribution < -0.4 is 0 Å². The van der Waals surface area contributed by atoms with Gasteiger partial charge in [-0.3, -0.25) is 0 Å². The molecule has 0 saturated carbocycles. The Morgan fingerprint density at radius 2 is 1.94 bits per heavy atom. The second-order valence-electron chi connectivity index (χ2n) is 3.84. The molecule has 1 N–H and O–H groups in total. The topological polar surface area (TPSA) is 63.6 Å². The number of hydrogen-bond acceptors (Lipinski definition) is 3. The van der Waals surface area contributed by atoms with Gasteiger partial charge in [0.15, 0.2) is 0 Å². The average Bonchev–Trinajstić information content (AvgIpc) is 2.38. The fraction of sp³-hybridized carbons (Fsp3) is 0.286. The molecule has 0 aliphatic rings. The summed E-state index contributed by atoms with van der Waals surface area (Å²) in [6, 6.07) is 8.76. The van der Waals surface area contributed by atoms with Crippen molar-refractivity contribution in [3.05, 3.63) is 47.5 Å². The van der Waals surface area contributed by atoms with Crippen LogP contribution in [-0.2, 0) is 9.53 Å². The number of rotatable bonds is 6. The van der Waals surface area contributed by atoms with Crippen molar-refractivity contribution in [3.8, 4) is 0 Å². The molecular weight excluding hydrogens is 232 g/mol. The van der Waals surface area contributed by atoms with Gasteiger partial charge in [-0.1, -0.05) is 24.3 Å². The number of unbranched alkanes of at least 4 members (excludes halogenated alkanes) is 1. The Balaban J connectivity index is 2.25. The summed E-state index contributed by atoms with van der Waals surface area (Å²) >= 11 is 0. The number of carboxylic acids is 1. The minimum atomic E-state index is -0.920. The lowest BCUT2D eigenvalue weighted by atomic mass is 10.2. The van der Waals surface area contributed by atoms with Crippen LogP contribution in [0.1, 0.15) is 30.1 Å². The van der Waals surface area contributed by atoms with Gasteiger partial charge >= 0.3 is 11.9 Å². The summed E-state index contributed by atoms with van der Waals surface area (Å²) in [7, 11) is 0. The number of ether oxygens (including phenoxy) is 1. The second-order valence-corrected chi connectivity index (χ2v) is 3.84. The molecule has 0 spiro atoms. The Kier molecular flexibility index (Phi) is 5.64. The summed E-state index contributed by atoms with van der Waals surface area (Å²) in [6.07, 6.45) is 2.82. The molecule has 0 fully saturated rings. The summed E-state index contributed by atoms with van der Waals surface area (Å²) in [5.74, 6) is -1.27. The van der Waals surface area contributed by atoms with Gasteiger partial charge in [-0.25, -0.2) is 9.59 Å². The van der Waals surface area contributed by atoms with E-state index in [0.717, 1.165) is 0 Å².